The third-order valence-electron chi connectivity index (χ3n) is 6.36. The summed E-state index contributed by atoms with van der Waals surface area (Å²) in [4.78, 5) is 15.0. The number of nitrogens with one attached hydrogen (secondary N) is 2. The molecule has 1 aromatic rings. The minimum atomic E-state index is -0.668. The zero-order chi connectivity index (χ0) is 19.7. The summed E-state index contributed by atoms with van der Waals surface area (Å²) >= 11 is 0. The van der Waals surface area contributed by atoms with Crippen molar-refractivity contribution in [1.82, 2.24) is 15.5 Å². The van der Waals surface area contributed by atoms with Crippen molar-refractivity contribution >= 4 is 5.91 Å². The molecule has 2 N–H and O–H groups in total. The minimum absolute atomic E-state index is 0.00438. The van der Waals surface area contributed by atoms with E-state index < -0.39 is 11.6 Å². The third kappa shape index (κ3) is 3.78. The molecule has 0 radical (unpaired) electrons. The molecule has 0 aromatic heterocycles. The predicted molar refractivity (Wildman–Crippen MR) is 101 cm³/mol. The highest BCUT2D eigenvalue weighted by molar-refractivity contribution is 5.93. The normalized spacial score (nSPS) is 30.3. The second-order valence-corrected chi connectivity index (χ2v) is 8.22. The molecule has 1 aromatic carbocycles. The Hall–Kier alpha value is -1.99. The van der Waals surface area contributed by atoms with Crippen molar-refractivity contribution in [1.29, 1.82) is 0 Å². The molecule has 2 fully saturated rings. The van der Waals surface area contributed by atoms with Crippen LogP contribution in [0.4, 0.5) is 8.78 Å². The summed E-state index contributed by atoms with van der Waals surface area (Å²) in [6.45, 7) is 4.07. The molecule has 4 rings (SSSR count). The summed E-state index contributed by atoms with van der Waals surface area (Å²) in [5, 5.41) is 6.05. The predicted octanol–water partition coefficient (Wildman–Crippen LogP) is 2.68. The molecule has 28 heavy (non-hydrogen) atoms. The standard InChI is InChI=1S/C21H27F2N3O2/c1-14-26-11-15-3-2-6-21(26,8-15)13-24-9-17(12-28-14)20(27)25-10-16-4-5-18(22)7-19(16)23/h4-5,7,9,14-15,24H,2-3,6,8,10-13H2,1H3,(H,25,27)/t14?,15-,21+/m1/s1. The molecular weight excluding hydrogens is 364 g/mol. The fourth-order valence-corrected chi connectivity index (χ4v) is 4.94. The number of carbonyl (C=O) groups is 1. The summed E-state index contributed by atoms with van der Waals surface area (Å²) in [5.41, 5.74) is 0.815. The highest BCUT2D eigenvalue weighted by Crippen LogP contribution is 2.45. The Bertz CT molecular complexity index is 785. The van der Waals surface area contributed by atoms with Crippen molar-refractivity contribution in [2.75, 3.05) is 19.7 Å². The number of carbonyl (C=O) groups excluding carboxylic acids is 1. The summed E-state index contributed by atoms with van der Waals surface area (Å²) in [6.07, 6.45) is 6.50. The van der Waals surface area contributed by atoms with E-state index in [2.05, 4.69) is 22.5 Å². The summed E-state index contributed by atoms with van der Waals surface area (Å²) < 4.78 is 32.8. The van der Waals surface area contributed by atoms with Gasteiger partial charge in [0.2, 0.25) is 0 Å². The lowest BCUT2D eigenvalue weighted by Gasteiger charge is -2.42. The molecule has 2 aliphatic heterocycles. The maximum atomic E-state index is 13.8. The van der Waals surface area contributed by atoms with Gasteiger partial charge in [-0.1, -0.05) is 12.5 Å². The van der Waals surface area contributed by atoms with E-state index in [0.29, 0.717) is 5.57 Å². The van der Waals surface area contributed by atoms with Crippen molar-refractivity contribution in [3.63, 3.8) is 0 Å². The zero-order valence-corrected chi connectivity index (χ0v) is 16.1. The Morgan fingerprint density at radius 3 is 3.11 bits per heavy atom. The van der Waals surface area contributed by atoms with Crippen LogP contribution < -0.4 is 10.6 Å². The van der Waals surface area contributed by atoms with E-state index in [1.54, 1.807) is 6.20 Å². The van der Waals surface area contributed by atoms with Crippen molar-refractivity contribution in [2.45, 2.75) is 50.9 Å². The maximum Gasteiger partial charge on any atom is 0.251 e. The van der Waals surface area contributed by atoms with Crippen LogP contribution in [0.2, 0.25) is 0 Å². The summed E-state index contributed by atoms with van der Waals surface area (Å²) in [5.74, 6) is -0.885. The van der Waals surface area contributed by atoms with E-state index in [1.165, 1.54) is 31.4 Å². The lowest BCUT2D eigenvalue weighted by Crippen LogP contribution is -2.54. The molecule has 2 heterocycles. The average molecular weight is 391 g/mol. The van der Waals surface area contributed by atoms with Gasteiger partial charge < -0.3 is 15.4 Å². The molecule has 2 bridgehead atoms. The second kappa shape index (κ2) is 7.79. The highest BCUT2D eigenvalue weighted by Gasteiger charge is 2.49. The Morgan fingerprint density at radius 2 is 2.29 bits per heavy atom. The van der Waals surface area contributed by atoms with E-state index in [1.807, 2.05) is 0 Å². The Labute approximate surface area is 164 Å². The van der Waals surface area contributed by atoms with Gasteiger partial charge in [0.1, 0.15) is 17.9 Å². The van der Waals surface area contributed by atoms with E-state index in [4.69, 9.17) is 4.74 Å². The van der Waals surface area contributed by atoms with Gasteiger partial charge in [-0.25, -0.2) is 8.78 Å². The SMILES string of the molecule is CC1OCC(C(=O)NCc2ccc(F)cc2F)=CNC[C@@]23CCC[C@@H](CN12)C3. The maximum absolute atomic E-state index is 13.8. The van der Waals surface area contributed by atoms with Gasteiger partial charge in [-0.15, -0.1) is 0 Å². The third-order valence-corrected chi connectivity index (χ3v) is 6.36. The Morgan fingerprint density at radius 1 is 1.43 bits per heavy atom. The number of halogens is 2. The van der Waals surface area contributed by atoms with Gasteiger partial charge >= 0.3 is 0 Å². The molecule has 1 aliphatic carbocycles. The fourth-order valence-electron chi connectivity index (χ4n) is 4.94. The largest absolute Gasteiger partial charge is 0.389 e. The molecule has 1 spiro atoms. The molecule has 5 nitrogen and oxygen atoms in total. The van der Waals surface area contributed by atoms with Gasteiger partial charge in [-0.3, -0.25) is 9.69 Å². The first-order valence-electron chi connectivity index (χ1n) is 10.00. The number of ether oxygens (including phenoxy) is 1. The first kappa shape index (κ1) is 19.3. The molecule has 1 amide bonds. The van der Waals surface area contributed by atoms with Crippen LogP contribution in [0.1, 0.15) is 38.2 Å². The van der Waals surface area contributed by atoms with Gasteiger partial charge in [0.05, 0.1) is 12.2 Å². The monoisotopic (exact) mass is 391 g/mol. The van der Waals surface area contributed by atoms with Gasteiger partial charge in [0, 0.05) is 43.0 Å². The van der Waals surface area contributed by atoms with Crippen LogP contribution in [0.15, 0.2) is 30.0 Å². The van der Waals surface area contributed by atoms with Gasteiger partial charge in [0.15, 0.2) is 0 Å². The van der Waals surface area contributed by atoms with Crippen LogP contribution in [-0.2, 0) is 16.1 Å². The van der Waals surface area contributed by atoms with Gasteiger partial charge in [0.25, 0.3) is 5.91 Å². The molecule has 1 saturated carbocycles. The molecule has 1 saturated heterocycles. The van der Waals surface area contributed by atoms with Crippen molar-refractivity contribution in [2.24, 2.45) is 5.92 Å². The summed E-state index contributed by atoms with van der Waals surface area (Å²) in [7, 11) is 0. The van der Waals surface area contributed by atoms with Crippen LogP contribution in [-0.4, -0.2) is 42.3 Å². The molecule has 152 valence electrons. The highest BCUT2D eigenvalue weighted by atomic mass is 19.1. The van der Waals surface area contributed by atoms with E-state index in [-0.39, 0.29) is 36.4 Å². The average Bonchev–Trinajstić information content (AvgIpc) is 2.95. The first-order valence-corrected chi connectivity index (χ1v) is 10.00. The van der Waals surface area contributed by atoms with Crippen molar-refractivity contribution < 1.29 is 18.3 Å². The topological polar surface area (TPSA) is 53.6 Å². The van der Waals surface area contributed by atoms with Crippen molar-refractivity contribution in [3.05, 3.63) is 47.2 Å². The molecule has 1 unspecified atom stereocenters. The van der Waals surface area contributed by atoms with Crippen LogP contribution in [0.25, 0.3) is 0 Å². The van der Waals surface area contributed by atoms with Crippen LogP contribution in [0.5, 0.6) is 0 Å². The zero-order valence-electron chi connectivity index (χ0n) is 16.1. The summed E-state index contributed by atoms with van der Waals surface area (Å²) in [6, 6.07) is 3.34. The number of hydrogen-bond donors (Lipinski definition) is 2. The second-order valence-electron chi connectivity index (χ2n) is 8.22. The van der Waals surface area contributed by atoms with Crippen LogP contribution in [0.3, 0.4) is 0 Å². The van der Waals surface area contributed by atoms with Gasteiger partial charge in [-0.2, -0.15) is 0 Å². The number of benzene rings is 1. The van der Waals surface area contributed by atoms with E-state index >= 15 is 0 Å². The Kier molecular flexibility index (Phi) is 5.38. The first-order chi connectivity index (χ1) is 13.5. The van der Waals surface area contributed by atoms with E-state index in [0.717, 1.165) is 31.5 Å². The fraction of sp³-hybridized carbons (Fsp3) is 0.571. The van der Waals surface area contributed by atoms with Gasteiger partial charge in [-0.05, 0) is 38.2 Å². The molecule has 3 atom stereocenters. The molecule has 3 aliphatic rings. The Balaban J connectivity index is 1.42. The number of hydrogen-bond acceptors (Lipinski definition) is 4. The lowest BCUT2D eigenvalue weighted by molar-refractivity contribution is -0.119. The molecule has 7 heteroatoms. The van der Waals surface area contributed by atoms with Crippen LogP contribution >= 0.6 is 0 Å². The number of nitrogens with zero attached hydrogens (tertiary/aromatic N) is 1. The smallest absolute Gasteiger partial charge is 0.251 e. The number of amides is 1. The molecular formula is C21H27F2N3O2. The van der Waals surface area contributed by atoms with Crippen molar-refractivity contribution in [3.8, 4) is 0 Å². The number of fused-ring (bicyclic) bond motifs is 1. The van der Waals surface area contributed by atoms with E-state index in [9.17, 15) is 13.6 Å². The quantitative estimate of drug-likeness (QED) is 0.832. The minimum Gasteiger partial charge on any atom is -0.389 e. The lowest BCUT2D eigenvalue weighted by atomic mass is 9.79. The number of rotatable bonds is 3. The van der Waals surface area contributed by atoms with Crippen LogP contribution in [0, 0.1) is 17.6 Å².